The first-order chi connectivity index (χ1) is 17.8. The summed E-state index contributed by atoms with van der Waals surface area (Å²) in [6.45, 7) is 0.952. The molecule has 0 atom stereocenters. The number of methoxy groups -OCH3 is 1. The molecule has 8 nitrogen and oxygen atoms in total. The summed E-state index contributed by atoms with van der Waals surface area (Å²) < 4.78 is 33.3. The molecule has 10 heteroatoms. The zero-order chi connectivity index (χ0) is 26.4. The molecule has 1 aliphatic rings. The van der Waals surface area contributed by atoms with Crippen molar-refractivity contribution in [1.82, 2.24) is 10.2 Å². The lowest BCUT2D eigenvalue weighted by molar-refractivity contribution is -0.128. The van der Waals surface area contributed by atoms with Crippen molar-refractivity contribution in [1.29, 1.82) is 0 Å². The molecule has 0 radical (unpaired) electrons. The van der Waals surface area contributed by atoms with Crippen LogP contribution in [0.5, 0.6) is 5.75 Å². The number of anilines is 1. The summed E-state index contributed by atoms with van der Waals surface area (Å²) in [5, 5.41) is 3.18. The van der Waals surface area contributed by atoms with Gasteiger partial charge in [-0.15, -0.1) is 0 Å². The van der Waals surface area contributed by atoms with Crippen molar-refractivity contribution in [3.05, 3.63) is 88.9 Å². The summed E-state index contributed by atoms with van der Waals surface area (Å²) in [5.41, 5.74) is 2.07. The minimum Gasteiger partial charge on any atom is -0.497 e. The van der Waals surface area contributed by atoms with Gasteiger partial charge in [-0.1, -0.05) is 41.9 Å². The molecule has 0 aliphatic carbocycles. The molecular formula is C27H28ClN3O5S. The van der Waals surface area contributed by atoms with E-state index >= 15 is 0 Å². The van der Waals surface area contributed by atoms with Crippen molar-refractivity contribution in [2.24, 2.45) is 0 Å². The Labute approximate surface area is 221 Å². The van der Waals surface area contributed by atoms with Crippen molar-refractivity contribution >= 4 is 39.1 Å². The second-order valence-corrected chi connectivity index (χ2v) is 10.9. The van der Waals surface area contributed by atoms with Crippen LogP contribution < -0.4 is 14.4 Å². The van der Waals surface area contributed by atoms with E-state index in [0.717, 1.165) is 28.4 Å². The van der Waals surface area contributed by atoms with Gasteiger partial charge in [0.2, 0.25) is 11.8 Å². The summed E-state index contributed by atoms with van der Waals surface area (Å²) in [6, 6.07) is 19.9. The monoisotopic (exact) mass is 541 g/mol. The van der Waals surface area contributed by atoms with E-state index in [-0.39, 0.29) is 23.0 Å². The molecule has 1 aliphatic heterocycles. The second-order valence-electron chi connectivity index (χ2n) is 8.63. The van der Waals surface area contributed by atoms with Gasteiger partial charge in [-0.3, -0.25) is 13.9 Å². The molecule has 3 aromatic rings. The Morgan fingerprint density at radius 1 is 1.05 bits per heavy atom. The Bertz CT molecular complexity index is 1380. The van der Waals surface area contributed by atoms with Gasteiger partial charge in [-0.2, -0.15) is 0 Å². The van der Waals surface area contributed by atoms with E-state index in [1.165, 1.54) is 25.3 Å². The van der Waals surface area contributed by atoms with E-state index in [1.54, 1.807) is 30.3 Å². The lowest BCUT2D eigenvalue weighted by atomic mass is 10.1. The van der Waals surface area contributed by atoms with E-state index in [2.05, 4.69) is 5.32 Å². The number of ether oxygens (including phenoxy) is 1. The van der Waals surface area contributed by atoms with Gasteiger partial charge in [0.25, 0.3) is 10.0 Å². The van der Waals surface area contributed by atoms with Crippen LogP contribution in [0, 0.1) is 0 Å². The van der Waals surface area contributed by atoms with Crippen LogP contribution in [0.25, 0.3) is 0 Å². The Morgan fingerprint density at radius 2 is 1.78 bits per heavy atom. The van der Waals surface area contributed by atoms with Crippen LogP contribution in [-0.2, 0) is 32.7 Å². The van der Waals surface area contributed by atoms with E-state index in [4.69, 9.17) is 16.3 Å². The van der Waals surface area contributed by atoms with Crippen molar-refractivity contribution < 1.29 is 22.7 Å². The van der Waals surface area contributed by atoms with Gasteiger partial charge in [0.1, 0.15) is 12.3 Å². The van der Waals surface area contributed by atoms with Crippen molar-refractivity contribution in [3.8, 4) is 5.75 Å². The van der Waals surface area contributed by atoms with Gasteiger partial charge >= 0.3 is 0 Å². The van der Waals surface area contributed by atoms with E-state index in [9.17, 15) is 18.0 Å². The molecule has 2 amide bonds. The Hall–Kier alpha value is -3.56. The summed E-state index contributed by atoms with van der Waals surface area (Å²) in [6.07, 6.45) is 1.40. The lowest BCUT2D eigenvalue weighted by Crippen LogP contribution is -2.40. The molecule has 3 aromatic carbocycles. The molecule has 37 heavy (non-hydrogen) atoms. The normalized spacial score (nSPS) is 13.5. The van der Waals surface area contributed by atoms with E-state index in [1.807, 2.05) is 29.2 Å². The molecule has 0 bridgehead atoms. The molecule has 1 N–H and O–H groups in total. The molecule has 1 saturated heterocycles. The molecule has 1 fully saturated rings. The fourth-order valence-corrected chi connectivity index (χ4v) is 5.76. The van der Waals surface area contributed by atoms with Crippen LogP contribution >= 0.6 is 11.6 Å². The number of amides is 2. The number of sulfonamides is 1. The number of halogens is 1. The summed E-state index contributed by atoms with van der Waals surface area (Å²) in [5.74, 6) is 0.157. The highest BCUT2D eigenvalue weighted by Gasteiger charge is 2.28. The molecule has 0 spiro atoms. The third-order valence-electron chi connectivity index (χ3n) is 6.16. The van der Waals surface area contributed by atoms with Gasteiger partial charge < -0.3 is 15.0 Å². The molecule has 1 heterocycles. The minimum absolute atomic E-state index is 0.0155. The predicted molar refractivity (Wildman–Crippen MR) is 142 cm³/mol. The van der Waals surface area contributed by atoms with Gasteiger partial charge in [0, 0.05) is 31.1 Å². The van der Waals surface area contributed by atoms with Crippen molar-refractivity contribution in [2.75, 3.05) is 24.5 Å². The third-order valence-corrected chi connectivity index (χ3v) is 8.18. The number of rotatable bonds is 10. The van der Waals surface area contributed by atoms with Crippen LogP contribution in [0.15, 0.2) is 77.7 Å². The fraction of sp³-hybridized carbons (Fsp3) is 0.259. The first-order valence-corrected chi connectivity index (χ1v) is 13.6. The predicted octanol–water partition coefficient (Wildman–Crippen LogP) is 3.98. The zero-order valence-electron chi connectivity index (χ0n) is 20.4. The van der Waals surface area contributed by atoms with Crippen LogP contribution in [0.4, 0.5) is 5.69 Å². The van der Waals surface area contributed by atoms with Crippen LogP contribution in [0.2, 0.25) is 5.02 Å². The average Bonchev–Trinajstić information content (AvgIpc) is 3.30. The van der Waals surface area contributed by atoms with Crippen molar-refractivity contribution in [2.45, 2.75) is 30.8 Å². The topological polar surface area (TPSA) is 96.0 Å². The Morgan fingerprint density at radius 3 is 2.43 bits per heavy atom. The number of hydrogen-bond acceptors (Lipinski definition) is 5. The van der Waals surface area contributed by atoms with Gasteiger partial charge in [-0.05, 0) is 60.0 Å². The highest BCUT2D eigenvalue weighted by Crippen LogP contribution is 2.27. The Kier molecular flexibility index (Phi) is 8.35. The number of carbonyl (C=O) groups excluding carboxylic acids is 2. The number of nitrogens with zero attached hydrogens (tertiary/aromatic N) is 2. The molecule has 0 unspecified atom stereocenters. The quantitative estimate of drug-likeness (QED) is 0.419. The molecule has 0 saturated carbocycles. The van der Waals surface area contributed by atoms with Crippen LogP contribution in [-0.4, -0.2) is 45.3 Å². The maximum absolute atomic E-state index is 13.6. The first-order valence-electron chi connectivity index (χ1n) is 11.8. The number of nitrogens with one attached hydrogen (secondary N) is 1. The standard InChI is InChI=1S/C27H28ClN3O5S/c1-36-24-11-13-25(14-12-24)37(34,35)31(23-9-4-8-22(28)16-23)19-26(32)29-17-20-6-2-3-7-21(20)18-30-15-5-10-27(30)33/h2-4,6-9,11-14,16H,5,10,15,17-19H2,1H3,(H,29,32). The fourth-order valence-electron chi connectivity index (χ4n) is 4.16. The van der Waals surface area contributed by atoms with Gasteiger partial charge in [-0.25, -0.2) is 8.42 Å². The molecule has 194 valence electrons. The molecule has 0 aromatic heterocycles. The molecule has 4 rings (SSSR count). The SMILES string of the molecule is COc1ccc(S(=O)(=O)N(CC(=O)NCc2ccccc2CN2CCCC2=O)c2cccc(Cl)c2)cc1. The van der Waals surface area contributed by atoms with E-state index < -0.39 is 22.5 Å². The highest BCUT2D eigenvalue weighted by molar-refractivity contribution is 7.92. The second kappa shape index (κ2) is 11.7. The minimum atomic E-state index is -4.09. The number of carbonyl (C=O) groups is 2. The lowest BCUT2D eigenvalue weighted by Gasteiger charge is -2.24. The summed E-state index contributed by atoms with van der Waals surface area (Å²) in [7, 11) is -2.60. The molecular weight excluding hydrogens is 514 g/mol. The zero-order valence-corrected chi connectivity index (χ0v) is 22.0. The smallest absolute Gasteiger partial charge is 0.264 e. The number of likely N-dealkylation sites (tertiary alicyclic amines) is 1. The maximum Gasteiger partial charge on any atom is 0.264 e. The Balaban J connectivity index is 1.52. The largest absolute Gasteiger partial charge is 0.497 e. The van der Waals surface area contributed by atoms with Crippen LogP contribution in [0.3, 0.4) is 0 Å². The van der Waals surface area contributed by atoms with Gasteiger partial charge in [0.15, 0.2) is 0 Å². The number of hydrogen-bond donors (Lipinski definition) is 1. The first kappa shape index (κ1) is 26.5. The van der Waals surface area contributed by atoms with Crippen molar-refractivity contribution in [3.63, 3.8) is 0 Å². The third kappa shape index (κ3) is 6.42. The maximum atomic E-state index is 13.6. The number of benzene rings is 3. The average molecular weight is 542 g/mol. The van der Waals surface area contributed by atoms with Gasteiger partial charge in [0.05, 0.1) is 17.7 Å². The van der Waals surface area contributed by atoms with Crippen LogP contribution in [0.1, 0.15) is 24.0 Å². The highest BCUT2D eigenvalue weighted by atomic mass is 35.5. The summed E-state index contributed by atoms with van der Waals surface area (Å²) >= 11 is 6.13. The summed E-state index contributed by atoms with van der Waals surface area (Å²) in [4.78, 5) is 26.9. The van der Waals surface area contributed by atoms with E-state index in [0.29, 0.717) is 23.7 Å².